The third kappa shape index (κ3) is 6.27. The summed E-state index contributed by atoms with van der Waals surface area (Å²) in [6.45, 7) is 6.14. The first-order chi connectivity index (χ1) is 13.6. The fraction of sp³-hybridized carbons (Fsp3) is 0.500. The third-order valence-corrected chi connectivity index (χ3v) is 5.13. The van der Waals surface area contributed by atoms with Gasteiger partial charge in [-0.2, -0.15) is 0 Å². The summed E-state index contributed by atoms with van der Waals surface area (Å²) >= 11 is 0. The predicted molar refractivity (Wildman–Crippen MR) is 114 cm³/mol. The summed E-state index contributed by atoms with van der Waals surface area (Å²) in [7, 11) is 0. The van der Waals surface area contributed by atoms with Crippen LogP contribution in [0.2, 0.25) is 0 Å². The van der Waals surface area contributed by atoms with Crippen molar-refractivity contribution in [2.75, 3.05) is 18.4 Å². The van der Waals surface area contributed by atoms with Gasteiger partial charge < -0.3 is 16.0 Å². The number of piperidine rings is 1. The number of nitrogens with zero attached hydrogens (tertiary/aromatic N) is 3. The van der Waals surface area contributed by atoms with Gasteiger partial charge in [-0.25, -0.2) is 4.68 Å². The molecule has 3 N–H and O–H groups in total. The van der Waals surface area contributed by atoms with Crippen LogP contribution in [0.5, 0.6) is 0 Å². The smallest absolute Gasteiger partial charge is 0.273 e. The molecule has 1 atom stereocenters. The highest BCUT2D eigenvalue weighted by molar-refractivity contribution is 5.93. The number of nitrogens with one attached hydrogen (secondary N) is 3. The second-order valence-electron chi connectivity index (χ2n) is 7.25. The quantitative estimate of drug-likeness (QED) is 0.639. The van der Waals surface area contributed by atoms with Crippen molar-refractivity contribution in [3.63, 3.8) is 0 Å². The van der Waals surface area contributed by atoms with Gasteiger partial charge >= 0.3 is 0 Å². The van der Waals surface area contributed by atoms with Crippen molar-refractivity contribution in [3.8, 4) is 0 Å². The second kappa shape index (κ2) is 10.9. The Kier molecular flexibility index (Phi) is 8.60. The molecule has 0 aliphatic carbocycles. The van der Waals surface area contributed by atoms with E-state index in [2.05, 4.69) is 26.3 Å². The predicted octanol–water partition coefficient (Wildman–Crippen LogP) is 2.54. The van der Waals surface area contributed by atoms with Crippen LogP contribution >= 0.6 is 12.4 Å². The lowest BCUT2D eigenvalue weighted by Gasteiger charge is -2.22. The minimum absolute atomic E-state index is 0. The summed E-state index contributed by atoms with van der Waals surface area (Å²) in [5, 5.41) is 17.2. The highest BCUT2D eigenvalue weighted by Gasteiger charge is 2.18. The van der Waals surface area contributed by atoms with E-state index < -0.39 is 0 Å². The molecule has 1 aromatic heterocycles. The molecule has 2 aromatic rings. The minimum Gasteiger partial charge on any atom is -0.347 e. The Bertz CT molecular complexity index is 819. The maximum absolute atomic E-state index is 12.4. The SMILES string of the molecule is CCC(C)C(=O)Nc1cccc(CNC(=O)c2cn(C3CCNCC3)nn2)c1.Cl. The first-order valence-electron chi connectivity index (χ1n) is 9.87. The third-order valence-electron chi connectivity index (χ3n) is 5.13. The molecule has 0 saturated carbocycles. The summed E-state index contributed by atoms with van der Waals surface area (Å²) in [6.07, 6.45) is 4.48. The van der Waals surface area contributed by atoms with Crippen LogP contribution < -0.4 is 16.0 Å². The lowest BCUT2D eigenvalue weighted by molar-refractivity contribution is -0.119. The van der Waals surface area contributed by atoms with Crippen LogP contribution in [-0.2, 0) is 11.3 Å². The first kappa shape index (κ1) is 22.8. The van der Waals surface area contributed by atoms with Crippen molar-refractivity contribution in [2.24, 2.45) is 5.92 Å². The normalized spacial score (nSPS) is 15.2. The molecular formula is C20H29ClN6O2. The lowest BCUT2D eigenvalue weighted by atomic mass is 10.1. The molecule has 2 heterocycles. The lowest BCUT2D eigenvalue weighted by Crippen LogP contribution is -2.29. The zero-order valence-corrected chi connectivity index (χ0v) is 17.7. The van der Waals surface area contributed by atoms with Crippen LogP contribution in [0, 0.1) is 5.92 Å². The molecule has 0 bridgehead atoms. The van der Waals surface area contributed by atoms with E-state index >= 15 is 0 Å². The molecule has 0 radical (unpaired) electrons. The minimum atomic E-state index is -0.255. The van der Waals surface area contributed by atoms with E-state index in [9.17, 15) is 9.59 Å². The molecule has 8 nitrogen and oxygen atoms in total. The van der Waals surface area contributed by atoms with E-state index in [1.165, 1.54) is 0 Å². The Morgan fingerprint density at radius 3 is 2.79 bits per heavy atom. The van der Waals surface area contributed by atoms with Gasteiger partial charge in [0.1, 0.15) is 0 Å². The molecular weight excluding hydrogens is 392 g/mol. The van der Waals surface area contributed by atoms with Crippen LogP contribution in [0.4, 0.5) is 5.69 Å². The van der Waals surface area contributed by atoms with Crippen molar-refractivity contribution in [2.45, 2.75) is 45.7 Å². The fourth-order valence-electron chi connectivity index (χ4n) is 3.11. The molecule has 3 rings (SSSR count). The maximum atomic E-state index is 12.4. The number of carbonyl (C=O) groups is 2. The summed E-state index contributed by atoms with van der Waals surface area (Å²) in [6, 6.07) is 7.77. The summed E-state index contributed by atoms with van der Waals surface area (Å²) in [5.41, 5.74) is 1.95. The van der Waals surface area contributed by atoms with Crippen LogP contribution in [0.3, 0.4) is 0 Å². The average Bonchev–Trinajstić information content (AvgIpc) is 3.22. The summed E-state index contributed by atoms with van der Waals surface area (Å²) in [4.78, 5) is 24.4. The van der Waals surface area contributed by atoms with Gasteiger partial charge in [0.15, 0.2) is 5.69 Å². The van der Waals surface area contributed by atoms with Gasteiger partial charge in [-0.3, -0.25) is 9.59 Å². The molecule has 29 heavy (non-hydrogen) atoms. The Hall–Kier alpha value is -2.45. The number of carbonyl (C=O) groups excluding carboxylic acids is 2. The van der Waals surface area contributed by atoms with E-state index in [-0.39, 0.29) is 30.1 Å². The van der Waals surface area contributed by atoms with Crippen molar-refractivity contribution in [1.82, 2.24) is 25.6 Å². The highest BCUT2D eigenvalue weighted by Crippen LogP contribution is 2.17. The highest BCUT2D eigenvalue weighted by atomic mass is 35.5. The zero-order valence-electron chi connectivity index (χ0n) is 16.9. The average molecular weight is 421 g/mol. The Balaban J connectivity index is 0.00000300. The van der Waals surface area contributed by atoms with Crippen LogP contribution in [0.1, 0.15) is 55.2 Å². The summed E-state index contributed by atoms with van der Waals surface area (Å²) in [5.74, 6) is -0.293. The Morgan fingerprint density at radius 2 is 2.07 bits per heavy atom. The number of rotatable bonds is 7. The van der Waals surface area contributed by atoms with Gasteiger partial charge in [0.05, 0.1) is 12.2 Å². The van der Waals surface area contributed by atoms with E-state index in [0.29, 0.717) is 18.3 Å². The largest absolute Gasteiger partial charge is 0.347 e. The molecule has 1 aliphatic rings. The number of benzene rings is 1. The van der Waals surface area contributed by atoms with Crippen LogP contribution in [0.25, 0.3) is 0 Å². The van der Waals surface area contributed by atoms with E-state index in [4.69, 9.17) is 0 Å². The van der Waals surface area contributed by atoms with Gasteiger partial charge in [0.25, 0.3) is 5.91 Å². The molecule has 1 aliphatic heterocycles. The van der Waals surface area contributed by atoms with Gasteiger partial charge in [-0.05, 0) is 50.0 Å². The van der Waals surface area contributed by atoms with Gasteiger partial charge in [-0.15, -0.1) is 17.5 Å². The van der Waals surface area contributed by atoms with Crippen LogP contribution in [0.15, 0.2) is 30.5 Å². The number of halogens is 1. The number of hydrogen-bond acceptors (Lipinski definition) is 5. The summed E-state index contributed by atoms with van der Waals surface area (Å²) < 4.78 is 1.79. The second-order valence-corrected chi connectivity index (χ2v) is 7.25. The Morgan fingerprint density at radius 1 is 1.31 bits per heavy atom. The first-order valence-corrected chi connectivity index (χ1v) is 9.87. The zero-order chi connectivity index (χ0) is 19.9. The molecule has 9 heteroatoms. The molecule has 158 valence electrons. The number of hydrogen-bond donors (Lipinski definition) is 3. The van der Waals surface area contributed by atoms with Crippen molar-refractivity contribution in [1.29, 1.82) is 0 Å². The molecule has 1 unspecified atom stereocenters. The van der Waals surface area contributed by atoms with Crippen molar-refractivity contribution in [3.05, 3.63) is 41.7 Å². The molecule has 1 aromatic carbocycles. The van der Waals surface area contributed by atoms with Gasteiger partial charge in [0, 0.05) is 18.2 Å². The van der Waals surface area contributed by atoms with Crippen molar-refractivity contribution < 1.29 is 9.59 Å². The Labute approximate surface area is 177 Å². The molecule has 0 spiro atoms. The molecule has 2 amide bonds. The number of amides is 2. The number of aromatic nitrogens is 3. The number of anilines is 1. The van der Waals surface area contributed by atoms with E-state index in [0.717, 1.165) is 43.6 Å². The fourth-order valence-corrected chi connectivity index (χ4v) is 3.11. The topological polar surface area (TPSA) is 101 Å². The molecule has 1 fully saturated rings. The van der Waals surface area contributed by atoms with Crippen molar-refractivity contribution >= 4 is 29.9 Å². The molecule has 1 saturated heterocycles. The van der Waals surface area contributed by atoms with Gasteiger partial charge in [-0.1, -0.05) is 31.2 Å². The monoisotopic (exact) mass is 420 g/mol. The van der Waals surface area contributed by atoms with Crippen LogP contribution in [-0.4, -0.2) is 39.9 Å². The van der Waals surface area contributed by atoms with E-state index in [1.54, 1.807) is 10.9 Å². The van der Waals surface area contributed by atoms with Gasteiger partial charge in [0.2, 0.25) is 5.91 Å². The standard InChI is InChI=1S/C20H28N6O2.ClH/c1-3-14(2)19(27)23-16-6-4-5-15(11-16)12-22-20(28)18-13-26(25-24-18)17-7-9-21-10-8-17;/h4-6,11,13-14,17,21H,3,7-10,12H2,1-2H3,(H,22,28)(H,23,27);1H. The maximum Gasteiger partial charge on any atom is 0.273 e. The van der Waals surface area contributed by atoms with E-state index in [1.807, 2.05) is 38.1 Å².